The van der Waals surface area contributed by atoms with Gasteiger partial charge in [-0.1, -0.05) is 0 Å². The predicted octanol–water partition coefficient (Wildman–Crippen LogP) is 0.0581. The molecule has 0 radical (unpaired) electrons. The molecular weight excluding hydrogens is 1940 g/mol. The first kappa shape index (κ1) is 52.2. The summed E-state index contributed by atoms with van der Waals surface area (Å²) in [4.78, 5) is 0. The second-order valence-corrected chi connectivity index (χ2v) is 0. The Morgan fingerprint density at radius 1 is 0.444 bits per heavy atom. The standard InChI is InChI=1S/H3P.8U/h1H3;;;;;;;;/i1T;;;;;;;;. The van der Waals surface area contributed by atoms with Crippen molar-refractivity contribution in [2.24, 2.45) is 0 Å². The molecule has 9 heavy (non-hydrogen) atoms. The van der Waals surface area contributed by atoms with Gasteiger partial charge in [0.15, 0.2) is 0 Å². The van der Waals surface area contributed by atoms with Crippen molar-refractivity contribution in [2.45, 2.75) is 0 Å². The van der Waals surface area contributed by atoms with E-state index in [1.807, 2.05) is 0 Å². The monoisotopic (exact) mass is 1940 g/mol. The molecule has 0 rings (SSSR count). The van der Waals surface area contributed by atoms with Crippen LogP contribution in [0.25, 0.3) is 0 Å². The molecule has 0 saturated carbocycles. The summed E-state index contributed by atoms with van der Waals surface area (Å²) in [6.45, 7) is 0. The molecule has 0 spiro atoms. The van der Waals surface area contributed by atoms with Crippen LogP contribution in [-0.2, 0) is 0 Å². The summed E-state index contributed by atoms with van der Waals surface area (Å²) in [5, 5.41) is 0. The topological polar surface area (TPSA) is 0 Å². The van der Waals surface area contributed by atoms with E-state index in [4.69, 9.17) is 1.28 Å². The first-order valence-corrected chi connectivity index (χ1v) is 0. The van der Waals surface area contributed by atoms with Crippen LogP contribution in [0.5, 0.6) is 0 Å². The predicted molar refractivity (Wildman–Crippen MR) is 11.1 cm³/mol. The number of hydrogen-bond donors (Lipinski definition) is 0. The zero-order valence-corrected chi connectivity index (χ0v) is 39.0. The molecule has 0 nitrogen and oxygen atoms in total. The quantitative estimate of drug-likeness (QED) is 0.302. The number of rotatable bonds is 0. The molecule has 0 aliphatic carbocycles. The van der Waals surface area contributed by atoms with E-state index >= 15 is 0 Å². The van der Waals surface area contributed by atoms with Crippen LogP contribution < -0.4 is 0 Å². The SMILES string of the molecule is [3H]P.[U].[U].[U].[U].[U].[U].[U].[U]. The van der Waals surface area contributed by atoms with Gasteiger partial charge in [0, 0.05) is 249 Å². The van der Waals surface area contributed by atoms with E-state index in [9.17, 15) is 0 Å². The molecule has 0 N–H and O–H groups in total. The summed E-state index contributed by atoms with van der Waals surface area (Å²) in [6.07, 6.45) is 0. The first-order valence-electron chi connectivity index (χ1n) is 0.577. The van der Waals surface area contributed by atoms with Gasteiger partial charge in [-0.3, -0.25) is 0 Å². The van der Waals surface area contributed by atoms with Gasteiger partial charge in [-0.25, -0.2) is 0 Å². The summed E-state index contributed by atoms with van der Waals surface area (Å²) < 4.78 is 5.67. The minimum atomic E-state index is 0. The van der Waals surface area contributed by atoms with Crippen LogP contribution in [0.4, 0.5) is 0 Å². The maximum absolute atomic E-state index is 5.67. The number of hydrogen-bond acceptors (Lipinski definition) is 0. The molecule has 0 bridgehead atoms. The third-order valence-corrected chi connectivity index (χ3v) is 0. The van der Waals surface area contributed by atoms with Gasteiger partial charge in [-0.05, 0) is 0 Å². The normalized spacial score (nSPS) is 0.778. The van der Waals surface area contributed by atoms with E-state index < -0.39 is 0 Å². The van der Waals surface area contributed by atoms with Gasteiger partial charge < -0.3 is 0 Å². The minimum Gasteiger partial charge on any atom is -0.153 e. The first-order chi connectivity index (χ1) is 1.00. The van der Waals surface area contributed by atoms with Gasteiger partial charge in [-0.2, -0.15) is 9.84 Å². The van der Waals surface area contributed by atoms with E-state index in [0.29, 0.717) is 0 Å². The van der Waals surface area contributed by atoms with Gasteiger partial charge in [0.2, 0.25) is 0 Å². The summed E-state index contributed by atoms with van der Waals surface area (Å²) in [7, 11) is 1.67. The fourth-order valence-electron chi connectivity index (χ4n) is 0. The molecule has 9 heteroatoms. The van der Waals surface area contributed by atoms with Crippen molar-refractivity contribution in [3.8, 4) is 0 Å². The van der Waals surface area contributed by atoms with E-state index in [0.717, 1.165) is 0 Å². The molecule has 0 aromatic rings. The molecule has 0 saturated heterocycles. The maximum Gasteiger partial charge on any atom is 0.0511 e. The summed E-state index contributed by atoms with van der Waals surface area (Å²) >= 11 is 0. The molecule has 0 aliphatic rings. The Labute approximate surface area is 251 Å². The van der Waals surface area contributed by atoms with Crippen molar-refractivity contribution in [3.05, 3.63) is 0 Å². The van der Waals surface area contributed by atoms with Crippen molar-refractivity contribution < 1.29 is 249 Å². The Bertz CT molecular complexity index is 9.22. The van der Waals surface area contributed by atoms with Crippen molar-refractivity contribution in [1.29, 1.82) is 1.28 Å². The Morgan fingerprint density at radius 2 is 0.444 bits per heavy atom. The van der Waals surface area contributed by atoms with E-state index in [1.165, 1.54) is 0 Å². The zero-order chi connectivity index (χ0) is 2.00. The maximum atomic E-state index is 5.67. The van der Waals surface area contributed by atoms with E-state index in [1.54, 1.807) is 9.84 Å². The molecular formula is H3PU8. The Balaban J connectivity index is -0.000000000179. The molecule has 1 unspecified atom stereocenters. The van der Waals surface area contributed by atoms with Crippen LogP contribution >= 0.6 is 9.84 Å². The van der Waals surface area contributed by atoms with Gasteiger partial charge in [0.25, 0.3) is 0 Å². The molecule has 40 valence electrons. The second kappa shape index (κ2) is 54.1. The third kappa shape index (κ3) is 47.4. The molecule has 0 aliphatic heterocycles. The summed E-state index contributed by atoms with van der Waals surface area (Å²) in [5.41, 5.74) is 0. The smallest absolute Gasteiger partial charge is 0.0511 e. The Kier molecular flexibility index (Phi) is 314. The van der Waals surface area contributed by atoms with Gasteiger partial charge in [0.1, 0.15) is 0 Å². The van der Waals surface area contributed by atoms with Gasteiger partial charge >= 0.3 is 0 Å². The van der Waals surface area contributed by atoms with Crippen LogP contribution in [0.2, 0.25) is 0 Å². The molecule has 0 heterocycles. The molecule has 0 fully saturated rings. The second-order valence-electron chi connectivity index (χ2n) is 0. The third-order valence-electron chi connectivity index (χ3n) is 0. The largest absolute Gasteiger partial charge is 0.153 e. The van der Waals surface area contributed by atoms with E-state index in [2.05, 4.69) is 0 Å². The van der Waals surface area contributed by atoms with Crippen molar-refractivity contribution in [1.82, 2.24) is 0 Å². The molecule has 1 atom stereocenters. The fraction of sp³-hybridized carbons (Fsp3) is 0. The average molecular weight is 1940 g/mol. The fourth-order valence-corrected chi connectivity index (χ4v) is 0. The average Bonchev–Trinajstić information content (AvgIpc) is 1.00. The zero-order valence-electron chi connectivity index (χ0n) is 5.58. The van der Waals surface area contributed by atoms with E-state index in [-0.39, 0.29) is 249 Å². The molecule has 0 aromatic heterocycles. The Hall–Kier alpha value is 8.85. The van der Waals surface area contributed by atoms with Crippen LogP contribution in [0, 0.1) is 249 Å². The van der Waals surface area contributed by atoms with Crippen molar-refractivity contribution in [2.75, 3.05) is 0 Å². The van der Waals surface area contributed by atoms with Crippen LogP contribution in [0.3, 0.4) is 0 Å². The van der Waals surface area contributed by atoms with Crippen molar-refractivity contribution in [3.63, 3.8) is 0 Å². The van der Waals surface area contributed by atoms with Crippen LogP contribution in [0.1, 0.15) is 0 Å². The Morgan fingerprint density at radius 3 is 0.444 bits per heavy atom. The van der Waals surface area contributed by atoms with Gasteiger partial charge in [0.05, 0.1) is 1.28 Å². The molecule has 0 amide bonds. The summed E-state index contributed by atoms with van der Waals surface area (Å²) in [6, 6.07) is 0. The van der Waals surface area contributed by atoms with Crippen LogP contribution in [0.15, 0.2) is 0 Å². The van der Waals surface area contributed by atoms with Gasteiger partial charge in [-0.15, -0.1) is 0 Å². The van der Waals surface area contributed by atoms with Crippen molar-refractivity contribution >= 4 is 9.84 Å². The minimum absolute atomic E-state index is 0. The summed E-state index contributed by atoms with van der Waals surface area (Å²) in [5.74, 6) is 0. The molecule has 0 aromatic carbocycles. The van der Waals surface area contributed by atoms with Crippen LogP contribution in [-0.4, -0.2) is 1.28 Å².